The fourth-order valence-corrected chi connectivity index (χ4v) is 3.52. The number of furan rings is 1. The molecule has 0 aliphatic heterocycles. The van der Waals surface area contributed by atoms with Crippen LogP contribution < -0.4 is 10.5 Å². The van der Waals surface area contributed by atoms with Gasteiger partial charge in [0.25, 0.3) is 10.0 Å². The molecule has 0 atom stereocenters. The third-order valence-electron chi connectivity index (χ3n) is 2.59. The molecule has 8 heteroatoms. The van der Waals surface area contributed by atoms with E-state index < -0.39 is 10.0 Å². The van der Waals surface area contributed by atoms with E-state index in [4.69, 9.17) is 21.8 Å². The molecule has 0 amide bonds. The summed E-state index contributed by atoms with van der Waals surface area (Å²) < 4.78 is 33.1. The van der Waals surface area contributed by atoms with Gasteiger partial charge in [-0.3, -0.25) is 4.72 Å². The highest BCUT2D eigenvalue weighted by Crippen LogP contribution is 2.29. The second-order valence-corrected chi connectivity index (χ2v) is 7.04. The smallest absolute Gasteiger partial charge is 0.265 e. The van der Waals surface area contributed by atoms with Gasteiger partial charge in [0.05, 0.1) is 17.3 Å². The Kier molecular flexibility index (Phi) is 4.43. The van der Waals surface area contributed by atoms with Crippen molar-refractivity contribution < 1.29 is 12.8 Å². The van der Waals surface area contributed by atoms with Crippen LogP contribution in [-0.4, -0.2) is 8.42 Å². The Bertz CT molecular complexity index is 743. The molecule has 0 aliphatic carbocycles. The van der Waals surface area contributed by atoms with Crippen LogP contribution >= 0.6 is 27.5 Å². The molecule has 2 aromatic rings. The number of nitrogens with two attached hydrogens (primary N) is 1. The van der Waals surface area contributed by atoms with Crippen molar-refractivity contribution in [1.82, 2.24) is 0 Å². The molecular weight excluding hydrogens is 368 g/mol. The van der Waals surface area contributed by atoms with Crippen LogP contribution in [0.15, 0.2) is 38.1 Å². The molecule has 0 spiro atoms. The van der Waals surface area contributed by atoms with E-state index in [1.54, 1.807) is 25.1 Å². The Morgan fingerprint density at radius 3 is 2.70 bits per heavy atom. The topological polar surface area (TPSA) is 85.3 Å². The van der Waals surface area contributed by atoms with Crippen LogP contribution in [0.3, 0.4) is 0 Å². The Morgan fingerprint density at radius 2 is 2.10 bits per heavy atom. The molecule has 20 heavy (non-hydrogen) atoms. The van der Waals surface area contributed by atoms with Crippen LogP contribution in [-0.2, 0) is 16.6 Å². The average Bonchev–Trinajstić information content (AvgIpc) is 2.76. The minimum Gasteiger partial charge on any atom is -0.464 e. The number of nitrogens with one attached hydrogen (secondary N) is 1. The van der Waals surface area contributed by atoms with Gasteiger partial charge in [-0.2, -0.15) is 0 Å². The summed E-state index contributed by atoms with van der Waals surface area (Å²) >= 11 is 9.23. The zero-order valence-corrected chi connectivity index (χ0v) is 13.6. The van der Waals surface area contributed by atoms with Gasteiger partial charge < -0.3 is 10.2 Å². The standard InChI is InChI=1S/C12H12BrClN2O3S/c1-7-12(5-9(6-15)19-7)20(17,18)16-11-4-8(13)2-3-10(11)14/h2-5,16H,6,15H2,1H3. The van der Waals surface area contributed by atoms with Gasteiger partial charge >= 0.3 is 0 Å². The van der Waals surface area contributed by atoms with E-state index in [1.165, 1.54) is 6.07 Å². The lowest BCUT2D eigenvalue weighted by atomic mass is 10.3. The molecule has 1 heterocycles. The van der Waals surface area contributed by atoms with Gasteiger partial charge in [0.1, 0.15) is 16.4 Å². The number of halogens is 2. The molecule has 0 radical (unpaired) electrons. The Balaban J connectivity index is 2.40. The average molecular weight is 380 g/mol. The number of aryl methyl sites for hydroxylation is 1. The number of hydrogen-bond acceptors (Lipinski definition) is 4. The summed E-state index contributed by atoms with van der Waals surface area (Å²) in [6.45, 7) is 1.70. The van der Waals surface area contributed by atoms with Gasteiger partial charge in [-0.05, 0) is 25.1 Å². The summed E-state index contributed by atoms with van der Waals surface area (Å²) in [7, 11) is -3.78. The summed E-state index contributed by atoms with van der Waals surface area (Å²) in [5.41, 5.74) is 5.72. The highest BCUT2D eigenvalue weighted by molar-refractivity contribution is 9.10. The zero-order chi connectivity index (χ0) is 14.9. The van der Waals surface area contributed by atoms with E-state index >= 15 is 0 Å². The van der Waals surface area contributed by atoms with E-state index in [0.717, 1.165) is 0 Å². The molecule has 0 bridgehead atoms. The van der Waals surface area contributed by atoms with Crippen LogP contribution in [0.2, 0.25) is 5.02 Å². The normalized spacial score (nSPS) is 11.6. The predicted octanol–water partition coefficient (Wildman–Crippen LogP) is 3.26. The number of sulfonamides is 1. The molecule has 5 nitrogen and oxygen atoms in total. The monoisotopic (exact) mass is 378 g/mol. The van der Waals surface area contributed by atoms with Crippen molar-refractivity contribution in [3.63, 3.8) is 0 Å². The third-order valence-corrected chi connectivity index (χ3v) is 4.88. The third kappa shape index (κ3) is 3.17. The van der Waals surface area contributed by atoms with Gasteiger partial charge in [0.15, 0.2) is 0 Å². The number of anilines is 1. The quantitative estimate of drug-likeness (QED) is 0.854. The first kappa shape index (κ1) is 15.4. The van der Waals surface area contributed by atoms with Crippen LogP contribution in [0.1, 0.15) is 11.5 Å². The minimum atomic E-state index is -3.78. The molecule has 1 aromatic carbocycles. The fourth-order valence-electron chi connectivity index (χ4n) is 1.67. The minimum absolute atomic E-state index is 0.0500. The molecule has 0 fully saturated rings. The SMILES string of the molecule is Cc1oc(CN)cc1S(=O)(=O)Nc1cc(Br)ccc1Cl. The van der Waals surface area contributed by atoms with Crippen LogP contribution in [0.4, 0.5) is 5.69 Å². The van der Waals surface area contributed by atoms with E-state index in [-0.39, 0.29) is 22.9 Å². The molecule has 3 N–H and O–H groups in total. The van der Waals surface area contributed by atoms with Crippen LogP contribution in [0.5, 0.6) is 0 Å². The summed E-state index contributed by atoms with van der Waals surface area (Å²) in [4.78, 5) is 0.0500. The summed E-state index contributed by atoms with van der Waals surface area (Å²) in [6, 6.07) is 6.30. The van der Waals surface area contributed by atoms with E-state index in [2.05, 4.69) is 20.7 Å². The van der Waals surface area contributed by atoms with Crippen molar-refractivity contribution in [2.24, 2.45) is 5.73 Å². The maximum atomic E-state index is 12.3. The number of hydrogen-bond donors (Lipinski definition) is 2. The van der Waals surface area contributed by atoms with Crippen LogP contribution in [0.25, 0.3) is 0 Å². The Morgan fingerprint density at radius 1 is 1.40 bits per heavy atom. The van der Waals surface area contributed by atoms with Crippen molar-refractivity contribution in [2.75, 3.05) is 4.72 Å². The molecule has 108 valence electrons. The second kappa shape index (κ2) is 5.77. The lowest BCUT2D eigenvalue weighted by molar-refractivity contribution is 0.479. The van der Waals surface area contributed by atoms with E-state index in [9.17, 15) is 8.42 Å². The number of rotatable bonds is 4. The zero-order valence-electron chi connectivity index (χ0n) is 10.5. The maximum absolute atomic E-state index is 12.3. The Labute approximate surface area is 130 Å². The second-order valence-electron chi connectivity index (χ2n) is 4.07. The van der Waals surface area contributed by atoms with E-state index in [1.807, 2.05) is 0 Å². The highest BCUT2D eigenvalue weighted by Gasteiger charge is 2.22. The number of benzene rings is 1. The van der Waals surface area contributed by atoms with Crippen molar-refractivity contribution in [2.45, 2.75) is 18.4 Å². The van der Waals surface area contributed by atoms with E-state index in [0.29, 0.717) is 15.3 Å². The molecular formula is C12H12BrClN2O3S. The van der Waals surface area contributed by atoms with Gasteiger partial charge in [-0.1, -0.05) is 27.5 Å². The van der Waals surface area contributed by atoms with Gasteiger partial charge in [-0.25, -0.2) is 8.42 Å². The van der Waals surface area contributed by atoms with Gasteiger partial charge in [-0.15, -0.1) is 0 Å². The molecule has 0 unspecified atom stereocenters. The lowest BCUT2D eigenvalue weighted by Crippen LogP contribution is -2.13. The first-order chi connectivity index (χ1) is 9.33. The summed E-state index contributed by atoms with van der Waals surface area (Å²) in [5, 5.41) is 0.303. The van der Waals surface area contributed by atoms with Crippen molar-refractivity contribution >= 4 is 43.2 Å². The maximum Gasteiger partial charge on any atom is 0.265 e. The fraction of sp³-hybridized carbons (Fsp3) is 0.167. The molecule has 1 aromatic heterocycles. The summed E-state index contributed by atoms with van der Waals surface area (Å²) in [6.07, 6.45) is 0. The predicted molar refractivity (Wildman–Crippen MR) is 81.3 cm³/mol. The van der Waals surface area contributed by atoms with Crippen LogP contribution in [0, 0.1) is 6.92 Å². The first-order valence-electron chi connectivity index (χ1n) is 5.60. The largest absolute Gasteiger partial charge is 0.464 e. The van der Waals surface area contributed by atoms with Gasteiger partial charge in [0, 0.05) is 10.5 Å². The van der Waals surface area contributed by atoms with Gasteiger partial charge in [0.2, 0.25) is 0 Å². The molecule has 0 saturated carbocycles. The highest BCUT2D eigenvalue weighted by atomic mass is 79.9. The first-order valence-corrected chi connectivity index (χ1v) is 8.26. The molecule has 0 aliphatic rings. The van der Waals surface area contributed by atoms with Crippen molar-refractivity contribution in [3.05, 3.63) is 45.3 Å². The molecule has 2 rings (SSSR count). The Hall–Kier alpha value is -1.02. The summed E-state index contributed by atoms with van der Waals surface area (Å²) in [5.74, 6) is 0.687. The molecule has 0 saturated heterocycles. The van der Waals surface area contributed by atoms with Crippen molar-refractivity contribution in [1.29, 1.82) is 0 Å². The van der Waals surface area contributed by atoms with Crippen molar-refractivity contribution in [3.8, 4) is 0 Å². The lowest BCUT2D eigenvalue weighted by Gasteiger charge is -2.09.